The van der Waals surface area contributed by atoms with Crippen LogP contribution in [0.5, 0.6) is 5.75 Å². The minimum Gasteiger partial charge on any atom is -0.494 e. The number of methoxy groups -OCH3 is 1. The predicted molar refractivity (Wildman–Crippen MR) is 74.1 cm³/mol. The quantitative estimate of drug-likeness (QED) is 0.783. The molecule has 2 rings (SSSR count). The first-order valence-electron chi connectivity index (χ1n) is 5.69. The van der Waals surface area contributed by atoms with Gasteiger partial charge < -0.3 is 14.0 Å². The summed E-state index contributed by atoms with van der Waals surface area (Å²) < 4.78 is 16.5. The van der Waals surface area contributed by atoms with Crippen LogP contribution in [-0.2, 0) is 9.31 Å². The lowest BCUT2D eigenvalue weighted by molar-refractivity contribution is 0.0343. The van der Waals surface area contributed by atoms with Crippen molar-refractivity contribution < 1.29 is 14.0 Å². The Morgan fingerprint density at radius 1 is 1.17 bits per heavy atom. The average Bonchev–Trinajstić information content (AvgIpc) is 2.28. The van der Waals surface area contributed by atoms with Crippen LogP contribution in [0.4, 0.5) is 0 Å². The second-order valence-electron chi connectivity index (χ2n) is 5.14. The van der Waals surface area contributed by atoms with Crippen LogP contribution in [0.15, 0.2) is 12.1 Å². The van der Waals surface area contributed by atoms with Gasteiger partial charge in [0.25, 0.3) is 0 Å². The van der Waals surface area contributed by atoms with E-state index in [1.807, 2.05) is 0 Å². The van der Waals surface area contributed by atoms with Gasteiger partial charge in [0.15, 0.2) is 5.75 Å². The fourth-order valence-corrected chi connectivity index (χ4v) is 2.45. The van der Waals surface area contributed by atoms with E-state index in [1.54, 1.807) is 12.1 Å². The van der Waals surface area contributed by atoms with E-state index < -0.39 is 7.12 Å². The molecule has 0 atom stereocenters. The number of benzene rings is 1. The number of rotatable bonds is 2. The second-order valence-corrected chi connectivity index (χ2v) is 5.95. The maximum Gasteiger partial charge on any atom is 0.494 e. The highest BCUT2D eigenvalue weighted by molar-refractivity contribution is 6.62. The molecule has 18 heavy (non-hydrogen) atoms. The van der Waals surface area contributed by atoms with Gasteiger partial charge in [-0.1, -0.05) is 37.0 Å². The molecule has 3 nitrogen and oxygen atoms in total. The Hall–Kier alpha value is -0.415. The summed E-state index contributed by atoms with van der Waals surface area (Å²) >= 11 is 12.2. The van der Waals surface area contributed by atoms with Crippen LogP contribution >= 0.6 is 23.2 Å². The van der Waals surface area contributed by atoms with Crippen molar-refractivity contribution in [3.05, 3.63) is 22.2 Å². The molecule has 0 unspecified atom stereocenters. The number of ether oxygens (including phenoxy) is 1. The van der Waals surface area contributed by atoms with Gasteiger partial charge >= 0.3 is 7.12 Å². The summed E-state index contributed by atoms with van der Waals surface area (Å²) in [7, 11) is 1.11. The van der Waals surface area contributed by atoms with Gasteiger partial charge in [-0.05, 0) is 17.6 Å². The van der Waals surface area contributed by atoms with Gasteiger partial charge in [-0.15, -0.1) is 0 Å². The van der Waals surface area contributed by atoms with Crippen LogP contribution < -0.4 is 10.2 Å². The highest BCUT2D eigenvalue weighted by Gasteiger charge is 2.34. The molecule has 1 aliphatic rings. The van der Waals surface area contributed by atoms with E-state index >= 15 is 0 Å². The van der Waals surface area contributed by atoms with E-state index in [0.717, 1.165) is 5.46 Å². The molecule has 0 aliphatic carbocycles. The van der Waals surface area contributed by atoms with E-state index in [1.165, 1.54) is 7.11 Å². The van der Waals surface area contributed by atoms with Crippen molar-refractivity contribution in [3.8, 4) is 5.75 Å². The third kappa shape index (κ3) is 2.94. The fourth-order valence-electron chi connectivity index (χ4n) is 1.80. The summed E-state index contributed by atoms with van der Waals surface area (Å²) in [6.07, 6.45) is 0. The summed E-state index contributed by atoms with van der Waals surface area (Å²) in [5.74, 6) is 0.471. The Morgan fingerprint density at radius 2 is 1.67 bits per heavy atom. The number of hydrogen-bond donors (Lipinski definition) is 0. The van der Waals surface area contributed by atoms with Gasteiger partial charge in [0.05, 0.1) is 17.2 Å². The zero-order valence-electron chi connectivity index (χ0n) is 10.6. The molecule has 0 spiro atoms. The van der Waals surface area contributed by atoms with Crippen LogP contribution in [0.2, 0.25) is 10.0 Å². The average molecular weight is 289 g/mol. The van der Waals surface area contributed by atoms with Crippen LogP contribution in [-0.4, -0.2) is 27.4 Å². The Morgan fingerprint density at radius 3 is 2.11 bits per heavy atom. The van der Waals surface area contributed by atoms with Crippen molar-refractivity contribution in [2.45, 2.75) is 13.8 Å². The monoisotopic (exact) mass is 288 g/mol. The van der Waals surface area contributed by atoms with E-state index in [0.29, 0.717) is 29.0 Å². The lowest BCUT2D eigenvalue weighted by Gasteiger charge is -2.33. The van der Waals surface area contributed by atoms with Crippen LogP contribution in [0.3, 0.4) is 0 Å². The second kappa shape index (κ2) is 5.29. The van der Waals surface area contributed by atoms with Crippen molar-refractivity contribution in [2.75, 3.05) is 20.3 Å². The highest BCUT2D eigenvalue weighted by Crippen LogP contribution is 2.32. The Bertz CT molecular complexity index is 418. The molecule has 1 aromatic rings. The molecule has 1 fully saturated rings. The molecule has 1 saturated heterocycles. The molecule has 1 aliphatic heterocycles. The van der Waals surface area contributed by atoms with Crippen molar-refractivity contribution in [2.24, 2.45) is 5.41 Å². The molecule has 1 heterocycles. The lowest BCUT2D eigenvalue weighted by atomic mass is 9.76. The SMILES string of the molecule is COc1c(Cl)cc(B2OCC(C)(C)CO2)cc1Cl. The Kier molecular flexibility index (Phi) is 4.12. The minimum atomic E-state index is -0.418. The summed E-state index contributed by atoms with van der Waals surface area (Å²) in [6, 6.07) is 3.52. The lowest BCUT2D eigenvalue weighted by Crippen LogP contribution is -2.47. The van der Waals surface area contributed by atoms with Crippen LogP contribution in [0.1, 0.15) is 13.8 Å². The first-order chi connectivity index (χ1) is 8.43. The van der Waals surface area contributed by atoms with Gasteiger partial charge in [0.1, 0.15) is 0 Å². The van der Waals surface area contributed by atoms with Gasteiger partial charge in [0, 0.05) is 18.6 Å². The molecule has 0 amide bonds. The summed E-state index contributed by atoms with van der Waals surface area (Å²) in [5, 5.41) is 0.911. The van der Waals surface area contributed by atoms with Crippen molar-refractivity contribution in [1.29, 1.82) is 0 Å². The topological polar surface area (TPSA) is 27.7 Å². The molecule has 6 heteroatoms. The van der Waals surface area contributed by atoms with E-state index in [2.05, 4.69) is 13.8 Å². The molecule has 0 saturated carbocycles. The van der Waals surface area contributed by atoms with Crippen LogP contribution in [0.25, 0.3) is 0 Å². The maximum atomic E-state index is 6.09. The zero-order valence-corrected chi connectivity index (χ0v) is 12.1. The third-order valence-corrected chi connectivity index (χ3v) is 3.31. The molecule has 0 bridgehead atoms. The van der Waals surface area contributed by atoms with E-state index in [9.17, 15) is 0 Å². The van der Waals surface area contributed by atoms with Gasteiger partial charge in [-0.3, -0.25) is 0 Å². The van der Waals surface area contributed by atoms with Crippen LogP contribution in [0, 0.1) is 5.41 Å². The van der Waals surface area contributed by atoms with Crippen molar-refractivity contribution in [3.63, 3.8) is 0 Å². The zero-order chi connectivity index (χ0) is 13.3. The van der Waals surface area contributed by atoms with Gasteiger partial charge in [-0.25, -0.2) is 0 Å². The first kappa shape index (κ1) is 14.0. The highest BCUT2D eigenvalue weighted by atomic mass is 35.5. The number of halogens is 2. The standard InChI is InChI=1S/C12H15BCl2O3/c1-12(2)6-17-13(18-7-12)8-4-9(14)11(16-3)10(15)5-8/h4-5H,6-7H2,1-3H3. The van der Waals surface area contributed by atoms with Crippen molar-refractivity contribution in [1.82, 2.24) is 0 Å². The third-order valence-electron chi connectivity index (χ3n) is 2.75. The van der Waals surface area contributed by atoms with Crippen molar-refractivity contribution >= 4 is 35.8 Å². The summed E-state index contributed by atoms with van der Waals surface area (Å²) in [5.41, 5.74) is 0.845. The minimum absolute atomic E-state index is 0.0383. The van der Waals surface area contributed by atoms with E-state index in [-0.39, 0.29) is 5.41 Å². The Labute approximate surface area is 117 Å². The first-order valence-corrected chi connectivity index (χ1v) is 6.45. The smallest absolute Gasteiger partial charge is 0.494 e. The maximum absolute atomic E-state index is 6.09. The van der Waals surface area contributed by atoms with Gasteiger partial charge in [0.2, 0.25) is 0 Å². The largest absolute Gasteiger partial charge is 0.494 e. The molecular weight excluding hydrogens is 274 g/mol. The molecule has 0 N–H and O–H groups in total. The Balaban J connectivity index is 2.20. The molecule has 0 aromatic heterocycles. The molecular formula is C12H15BCl2O3. The predicted octanol–water partition coefficient (Wildman–Crippen LogP) is 2.77. The van der Waals surface area contributed by atoms with Gasteiger partial charge in [-0.2, -0.15) is 0 Å². The fraction of sp³-hybridized carbons (Fsp3) is 0.500. The number of hydrogen-bond acceptors (Lipinski definition) is 3. The summed E-state index contributed by atoms with van der Waals surface area (Å²) in [4.78, 5) is 0. The normalized spacial score (nSPS) is 18.8. The molecule has 98 valence electrons. The summed E-state index contributed by atoms with van der Waals surface area (Å²) in [6.45, 7) is 5.46. The molecule has 0 radical (unpaired) electrons. The van der Waals surface area contributed by atoms with E-state index in [4.69, 9.17) is 37.2 Å². The molecule has 1 aromatic carbocycles.